The van der Waals surface area contributed by atoms with Gasteiger partial charge in [0, 0.05) is 12.0 Å². The van der Waals surface area contributed by atoms with E-state index in [4.69, 9.17) is 0 Å². The van der Waals surface area contributed by atoms with E-state index in [1.165, 1.54) is 24.0 Å². The van der Waals surface area contributed by atoms with Crippen LogP contribution in [0.15, 0.2) is 30.3 Å². The molecule has 1 aliphatic heterocycles. The number of benzene rings is 1. The molecule has 0 radical (unpaired) electrons. The standard InChI is InChI=1S/C23H29N3O2/c24-14-20-22(18-12-10-17(11-13-18)16-6-2-1-3-7-16)21(15-27)26(20)23(28)25-19-8-4-5-9-19/h6,10-13,19-22,27H,1-5,7-9,15H2,(H,25,28)/t20-,21-,22+/m1/s1. The Morgan fingerprint density at radius 2 is 1.93 bits per heavy atom. The molecular weight excluding hydrogens is 350 g/mol. The molecule has 1 aromatic carbocycles. The van der Waals surface area contributed by atoms with E-state index in [1.54, 1.807) is 4.90 Å². The number of carbonyl (C=O) groups is 1. The molecule has 148 valence electrons. The zero-order valence-corrected chi connectivity index (χ0v) is 16.3. The van der Waals surface area contributed by atoms with Crippen molar-refractivity contribution in [1.29, 1.82) is 5.26 Å². The predicted octanol–water partition coefficient (Wildman–Crippen LogP) is 3.95. The Hall–Kier alpha value is -2.32. The lowest BCUT2D eigenvalue weighted by Gasteiger charge is -2.51. The molecule has 2 fully saturated rings. The van der Waals surface area contributed by atoms with Crippen LogP contribution < -0.4 is 5.32 Å². The summed E-state index contributed by atoms with van der Waals surface area (Å²) >= 11 is 0. The number of hydrogen-bond donors (Lipinski definition) is 2. The molecule has 28 heavy (non-hydrogen) atoms. The third-order valence-corrected chi connectivity index (χ3v) is 6.61. The maximum Gasteiger partial charge on any atom is 0.319 e. The number of nitriles is 1. The van der Waals surface area contributed by atoms with Crippen molar-refractivity contribution in [2.75, 3.05) is 6.61 Å². The maximum absolute atomic E-state index is 12.7. The molecule has 1 saturated carbocycles. The summed E-state index contributed by atoms with van der Waals surface area (Å²) < 4.78 is 0. The first-order chi connectivity index (χ1) is 13.7. The zero-order chi connectivity index (χ0) is 19.5. The molecule has 0 spiro atoms. The van der Waals surface area contributed by atoms with E-state index in [9.17, 15) is 15.2 Å². The highest BCUT2D eigenvalue weighted by Crippen LogP contribution is 2.41. The number of urea groups is 1. The van der Waals surface area contributed by atoms with Gasteiger partial charge in [-0.3, -0.25) is 0 Å². The van der Waals surface area contributed by atoms with E-state index in [0.29, 0.717) is 0 Å². The minimum absolute atomic E-state index is 0.131. The summed E-state index contributed by atoms with van der Waals surface area (Å²) in [6.45, 7) is -0.131. The molecule has 2 aliphatic carbocycles. The number of aliphatic hydroxyl groups is 1. The van der Waals surface area contributed by atoms with Gasteiger partial charge in [-0.25, -0.2) is 4.79 Å². The highest BCUT2D eigenvalue weighted by molar-refractivity contribution is 5.78. The number of aliphatic hydroxyl groups excluding tert-OH is 1. The Labute approximate surface area is 167 Å². The first-order valence-electron chi connectivity index (χ1n) is 10.6. The molecule has 0 unspecified atom stereocenters. The van der Waals surface area contributed by atoms with E-state index in [-0.39, 0.29) is 30.6 Å². The molecule has 1 aromatic rings. The number of nitrogens with zero attached hydrogens (tertiary/aromatic N) is 2. The van der Waals surface area contributed by atoms with Gasteiger partial charge in [-0.05, 0) is 55.2 Å². The maximum atomic E-state index is 12.7. The first kappa shape index (κ1) is 19.0. The lowest BCUT2D eigenvalue weighted by Crippen LogP contribution is -2.67. The third kappa shape index (κ3) is 3.54. The number of hydrogen-bond acceptors (Lipinski definition) is 3. The van der Waals surface area contributed by atoms with Gasteiger partial charge in [0.1, 0.15) is 6.04 Å². The van der Waals surface area contributed by atoms with Crippen LogP contribution in [0.2, 0.25) is 0 Å². The number of rotatable bonds is 4. The van der Waals surface area contributed by atoms with Gasteiger partial charge >= 0.3 is 6.03 Å². The monoisotopic (exact) mass is 379 g/mol. The van der Waals surface area contributed by atoms with Gasteiger partial charge in [0.25, 0.3) is 0 Å². The van der Waals surface area contributed by atoms with Gasteiger partial charge < -0.3 is 15.3 Å². The Balaban J connectivity index is 1.48. The van der Waals surface area contributed by atoms with Crippen LogP contribution in [0, 0.1) is 11.3 Å². The van der Waals surface area contributed by atoms with Gasteiger partial charge in [0.15, 0.2) is 0 Å². The average Bonchev–Trinajstić information content (AvgIpc) is 3.22. The van der Waals surface area contributed by atoms with Crippen molar-refractivity contribution < 1.29 is 9.90 Å². The SMILES string of the molecule is N#C[C@@H]1[C@H](c2ccc(C3=CCCCC3)cc2)[C@@H](CO)N1C(=O)NC1CCCC1. The summed E-state index contributed by atoms with van der Waals surface area (Å²) in [6, 6.07) is 9.78. The van der Waals surface area contributed by atoms with E-state index < -0.39 is 6.04 Å². The predicted molar refractivity (Wildman–Crippen MR) is 109 cm³/mol. The van der Waals surface area contributed by atoms with Crippen LogP contribution in [0.25, 0.3) is 5.57 Å². The Morgan fingerprint density at radius 1 is 1.18 bits per heavy atom. The van der Waals surface area contributed by atoms with Crippen LogP contribution in [0.5, 0.6) is 0 Å². The highest BCUT2D eigenvalue weighted by atomic mass is 16.3. The van der Waals surface area contributed by atoms with Crippen LogP contribution in [0.1, 0.15) is 68.4 Å². The van der Waals surface area contributed by atoms with E-state index in [0.717, 1.165) is 44.1 Å². The van der Waals surface area contributed by atoms with Gasteiger partial charge in [0.05, 0.1) is 18.7 Å². The van der Waals surface area contributed by atoms with Crippen LogP contribution in [-0.4, -0.2) is 40.8 Å². The topological polar surface area (TPSA) is 76.4 Å². The third-order valence-electron chi connectivity index (χ3n) is 6.61. The van der Waals surface area contributed by atoms with Crippen molar-refractivity contribution in [3.05, 3.63) is 41.5 Å². The normalized spacial score (nSPS) is 27.6. The molecule has 1 heterocycles. The summed E-state index contributed by atoms with van der Waals surface area (Å²) in [7, 11) is 0. The van der Waals surface area contributed by atoms with E-state index in [1.807, 2.05) is 0 Å². The highest BCUT2D eigenvalue weighted by Gasteiger charge is 2.52. The lowest BCUT2D eigenvalue weighted by atomic mass is 9.75. The second-order valence-corrected chi connectivity index (χ2v) is 8.28. The Kier molecular flexibility index (Phi) is 5.68. The van der Waals surface area contributed by atoms with Crippen molar-refractivity contribution in [2.45, 2.75) is 75.4 Å². The Morgan fingerprint density at radius 3 is 2.54 bits per heavy atom. The molecule has 5 heteroatoms. The second kappa shape index (κ2) is 8.36. The average molecular weight is 380 g/mol. The smallest absolute Gasteiger partial charge is 0.319 e. The molecule has 2 amide bonds. The molecule has 0 aromatic heterocycles. The van der Waals surface area contributed by atoms with Gasteiger partial charge in [-0.15, -0.1) is 0 Å². The first-order valence-corrected chi connectivity index (χ1v) is 10.6. The summed E-state index contributed by atoms with van der Waals surface area (Å²) in [5.74, 6) is -0.140. The zero-order valence-electron chi connectivity index (χ0n) is 16.3. The molecule has 4 rings (SSSR count). The molecule has 1 saturated heterocycles. The van der Waals surface area contributed by atoms with E-state index in [2.05, 4.69) is 41.7 Å². The summed E-state index contributed by atoms with van der Waals surface area (Å²) in [6.07, 6.45) is 11.4. The van der Waals surface area contributed by atoms with Gasteiger partial charge in [0.2, 0.25) is 0 Å². The number of amides is 2. The van der Waals surface area contributed by atoms with E-state index >= 15 is 0 Å². The van der Waals surface area contributed by atoms with Crippen LogP contribution in [0.4, 0.5) is 4.79 Å². The molecule has 0 bridgehead atoms. The van der Waals surface area contributed by atoms with Crippen molar-refractivity contribution in [3.63, 3.8) is 0 Å². The number of allylic oxidation sites excluding steroid dienone is 2. The summed E-state index contributed by atoms with van der Waals surface area (Å²) in [5.41, 5.74) is 3.67. The quantitative estimate of drug-likeness (QED) is 0.832. The lowest BCUT2D eigenvalue weighted by molar-refractivity contribution is 0.0158. The molecular formula is C23H29N3O2. The second-order valence-electron chi connectivity index (χ2n) is 8.28. The number of likely N-dealkylation sites (tertiary alicyclic amines) is 1. The fourth-order valence-corrected chi connectivity index (χ4v) is 5.03. The largest absolute Gasteiger partial charge is 0.394 e. The fraction of sp³-hybridized carbons (Fsp3) is 0.565. The van der Waals surface area contributed by atoms with Crippen molar-refractivity contribution >= 4 is 11.6 Å². The molecule has 3 atom stereocenters. The Bertz CT molecular complexity index is 774. The van der Waals surface area contributed by atoms with Gasteiger partial charge in [-0.2, -0.15) is 5.26 Å². The summed E-state index contributed by atoms with van der Waals surface area (Å²) in [4.78, 5) is 14.2. The van der Waals surface area contributed by atoms with Crippen LogP contribution >= 0.6 is 0 Å². The van der Waals surface area contributed by atoms with Crippen LogP contribution in [0.3, 0.4) is 0 Å². The number of carbonyl (C=O) groups excluding carboxylic acids is 1. The van der Waals surface area contributed by atoms with Crippen molar-refractivity contribution in [3.8, 4) is 6.07 Å². The minimum Gasteiger partial charge on any atom is -0.394 e. The van der Waals surface area contributed by atoms with Crippen molar-refractivity contribution in [2.24, 2.45) is 0 Å². The molecule has 2 N–H and O–H groups in total. The molecule has 3 aliphatic rings. The minimum atomic E-state index is -0.529. The molecule has 5 nitrogen and oxygen atoms in total. The van der Waals surface area contributed by atoms with Crippen LogP contribution in [-0.2, 0) is 0 Å². The fourth-order valence-electron chi connectivity index (χ4n) is 5.03. The van der Waals surface area contributed by atoms with Crippen molar-refractivity contribution in [1.82, 2.24) is 10.2 Å². The van der Waals surface area contributed by atoms with Gasteiger partial charge in [-0.1, -0.05) is 43.2 Å². The summed E-state index contributed by atoms with van der Waals surface area (Å²) in [5, 5.41) is 22.7. The number of nitrogens with one attached hydrogen (secondary N) is 1.